The molecule has 1 amide bonds. The Morgan fingerprint density at radius 1 is 1.03 bits per heavy atom. The van der Waals surface area contributed by atoms with E-state index in [2.05, 4.69) is 29.9 Å². The lowest BCUT2D eigenvalue weighted by molar-refractivity contribution is 0.0754. The van der Waals surface area contributed by atoms with E-state index >= 15 is 0 Å². The zero-order valence-corrected chi connectivity index (χ0v) is 16.2. The molecule has 1 aromatic carbocycles. The molecule has 4 heterocycles. The van der Waals surface area contributed by atoms with Crippen LogP contribution in [0.3, 0.4) is 0 Å². The number of nitrogens with one attached hydrogen (secondary N) is 1. The molecule has 4 aromatic rings. The number of hydrogen-bond acceptors (Lipinski definition) is 6. The van der Waals surface area contributed by atoms with Crippen molar-refractivity contribution in [1.82, 2.24) is 34.8 Å². The molecule has 0 unspecified atom stereocenters. The molecule has 0 atom stereocenters. The molecule has 150 valence electrons. The van der Waals surface area contributed by atoms with E-state index in [4.69, 9.17) is 0 Å². The minimum atomic E-state index is -0.302. The third kappa shape index (κ3) is 3.24. The summed E-state index contributed by atoms with van der Waals surface area (Å²) in [7, 11) is 0. The first-order valence-corrected chi connectivity index (χ1v) is 9.77. The molecule has 9 nitrogen and oxygen atoms in total. The molecular formula is C21H19N7O2. The molecule has 0 radical (unpaired) electrons. The zero-order chi connectivity index (χ0) is 20.5. The normalized spacial score (nSPS) is 13.8. The molecule has 0 saturated carbocycles. The number of nitrogens with zero attached hydrogens (tertiary/aromatic N) is 6. The van der Waals surface area contributed by atoms with Crippen molar-refractivity contribution in [2.75, 3.05) is 13.1 Å². The van der Waals surface area contributed by atoms with Crippen LogP contribution in [-0.2, 0) is 19.4 Å². The molecule has 0 saturated heterocycles. The molecule has 1 aliphatic rings. The molecule has 9 heteroatoms. The molecule has 3 aromatic heterocycles. The van der Waals surface area contributed by atoms with Gasteiger partial charge in [-0.3, -0.25) is 14.6 Å². The Morgan fingerprint density at radius 3 is 2.73 bits per heavy atom. The molecule has 30 heavy (non-hydrogen) atoms. The number of hydrogen-bond donors (Lipinski definition) is 1. The van der Waals surface area contributed by atoms with Crippen LogP contribution in [0, 0.1) is 0 Å². The molecule has 0 bridgehead atoms. The first-order valence-electron chi connectivity index (χ1n) is 9.77. The lowest BCUT2D eigenvalue weighted by Crippen LogP contribution is -2.35. The fraction of sp³-hybridized carbons (Fsp3) is 0.238. The second-order valence-corrected chi connectivity index (χ2v) is 7.21. The smallest absolute Gasteiger partial charge is 0.275 e. The van der Waals surface area contributed by atoms with E-state index in [1.807, 2.05) is 18.3 Å². The summed E-state index contributed by atoms with van der Waals surface area (Å²) in [5, 5.41) is 16.2. The van der Waals surface area contributed by atoms with Gasteiger partial charge in [0, 0.05) is 50.3 Å². The Morgan fingerprint density at radius 2 is 1.90 bits per heavy atom. The van der Waals surface area contributed by atoms with Crippen molar-refractivity contribution in [3.8, 4) is 0 Å². The van der Waals surface area contributed by atoms with Gasteiger partial charge >= 0.3 is 0 Å². The van der Waals surface area contributed by atoms with Crippen LogP contribution in [0.15, 0.2) is 53.6 Å². The number of aromatic nitrogens is 6. The van der Waals surface area contributed by atoms with Gasteiger partial charge in [0.25, 0.3) is 11.5 Å². The maximum Gasteiger partial charge on any atom is 0.275 e. The number of benzene rings is 1. The molecule has 0 fully saturated rings. The summed E-state index contributed by atoms with van der Waals surface area (Å²) in [6.45, 7) is 1.63. The summed E-state index contributed by atoms with van der Waals surface area (Å²) in [5.74, 6) is 1.53. The summed E-state index contributed by atoms with van der Waals surface area (Å²) in [6, 6.07) is 10.9. The summed E-state index contributed by atoms with van der Waals surface area (Å²) in [4.78, 5) is 31.1. The van der Waals surface area contributed by atoms with Crippen LogP contribution in [0.5, 0.6) is 0 Å². The highest BCUT2D eigenvalue weighted by atomic mass is 16.2. The van der Waals surface area contributed by atoms with Gasteiger partial charge < -0.3 is 9.47 Å². The number of pyridine rings is 1. The maximum absolute atomic E-state index is 13.2. The van der Waals surface area contributed by atoms with Crippen LogP contribution < -0.4 is 5.56 Å². The highest BCUT2D eigenvalue weighted by molar-refractivity contribution is 6.04. The Balaban J connectivity index is 1.39. The van der Waals surface area contributed by atoms with Crippen LogP contribution in [0.4, 0.5) is 0 Å². The van der Waals surface area contributed by atoms with E-state index < -0.39 is 0 Å². The predicted molar refractivity (Wildman–Crippen MR) is 109 cm³/mol. The van der Waals surface area contributed by atoms with Crippen molar-refractivity contribution in [3.05, 3.63) is 82.1 Å². The fourth-order valence-electron chi connectivity index (χ4n) is 3.83. The van der Waals surface area contributed by atoms with Gasteiger partial charge in [-0.2, -0.15) is 5.10 Å². The highest BCUT2D eigenvalue weighted by Gasteiger charge is 2.25. The lowest BCUT2D eigenvalue weighted by Gasteiger charge is -2.20. The third-order valence-corrected chi connectivity index (χ3v) is 5.37. The average molecular weight is 401 g/mol. The third-order valence-electron chi connectivity index (χ3n) is 5.37. The number of H-pyrrole nitrogens is 1. The lowest BCUT2D eigenvalue weighted by atomic mass is 10.1. The predicted octanol–water partition coefficient (Wildman–Crippen LogP) is 1.20. The Labute approximate surface area is 171 Å². The van der Waals surface area contributed by atoms with Gasteiger partial charge in [0.1, 0.15) is 11.6 Å². The minimum absolute atomic E-state index is 0.199. The number of fused-ring (bicyclic) bond motifs is 2. The second kappa shape index (κ2) is 7.51. The standard InChI is InChI=1S/C21H19N7O2/c29-20-16-6-2-1-5-15(16)19(25-26-20)21(30)27-9-7-17-23-24-18(28(17)11-10-27)12-14-4-3-8-22-13-14/h1-6,8,13H,7,9-12H2,(H,26,29). The quantitative estimate of drug-likeness (QED) is 0.552. The monoisotopic (exact) mass is 401 g/mol. The Bertz CT molecular complexity index is 1280. The Hall–Kier alpha value is -3.88. The number of carbonyl (C=O) groups excluding carboxylic acids is 1. The summed E-state index contributed by atoms with van der Waals surface area (Å²) >= 11 is 0. The Kier molecular flexibility index (Phi) is 4.55. The number of carbonyl (C=O) groups is 1. The van der Waals surface area contributed by atoms with Crippen molar-refractivity contribution < 1.29 is 4.79 Å². The molecule has 0 spiro atoms. The van der Waals surface area contributed by atoms with E-state index in [-0.39, 0.29) is 17.2 Å². The van der Waals surface area contributed by atoms with Crippen molar-refractivity contribution >= 4 is 16.7 Å². The van der Waals surface area contributed by atoms with Crippen molar-refractivity contribution in [2.45, 2.75) is 19.4 Å². The number of aromatic amines is 1. The van der Waals surface area contributed by atoms with E-state index in [0.29, 0.717) is 43.2 Å². The van der Waals surface area contributed by atoms with E-state index in [1.54, 1.807) is 35.4 Å². The van der Waals surface area contributed by atoms with Crippen molar-refractivity contribution in [3.63, 3.8) is 0 Å². The van der Waals surface area contributed by atoms with Gasteiger partial charge in [-0.15, -0.1) is 10.2 Å². The van der Waals surface area contributed by atoms with Crippen LogP contribution in [0.25, 0.3) is 10.8 Å². The maximum atomic E-state index is 13.2. The number of amides is 1. The average Bonchev–Trinajstić information content (AvgIpc) is 3.02. The van der Waals surface area contributed by atoms with E-state index in [9.17, 15) is 9.59 Å². The van der Waals surface area contributed by atoms with Crippen LogP contribution in [0.2, 0.25) is 0 Å². The SMILES string of the molecule is O=C(c1n[nH]c(=O)c2ccccc12)N1CCc2nnc(Cc3cccnc3)n2CC1. The topological polar surface area (TPSA) is 110 Å². The summed E-state index contributed by atoms with van der Waals surface area (Å²) < 4.78 is 2.08. The fourth-order valence-corrected chi connectivity index (χ4v) is 3.83. The van der Waals surface area contributed by atoms with Gasteiger partial charge in [0.15, 0.2) is 5.69 Å². The van der Waals surface area contributed by atoms with E-state index in [0.717, 1.165) is 17.2 Å². The summed E-state index contributed by atoms with van der Waals surface area (Å²) in [6.07, 6.45) is 4.81. The second-order valence-electron chi connectivity index (χ2n) is 7.21. The van der Waals surface area contributed by atoms with Crippen LogP contribution in [0.1, 0.15) is 27.7 Å². The van der Waals surface area contributed by atoms with Gasteiger partial charge in [0.05, 0.1) is 5.39 Å². The van der Waals surface area contributed by atoms with Gasteiger partial charge in [-0.25, -0.2) is 5.10 Å². The first kappa shape index (κ1) is 18.2. The molecule has 0 aliphatic carbocycles. The van der Waals surface area contributed by atoms with E-state index in [1.165, 1.54) is 0 Å². The van der Waals surface area contributed by atoms with Crippen LogP contribution >= 0.6 is 0 Å². The first-order chi connectivity index (χ1) is 14.7. The molecule has 5 rings (SSSR count). The highest BCUT2D eigenvalue weighted by Crippen LogP contribution is 2.17. The van der Waals surface area contributed by atoms with Gasteiger partial charge in [0.2, 0.25) is 0 Å². The largest absolute Gasteiger partial charge is 0.335 e. The summed E-state index contributed by atoms with van der Waals surface area (Å²) in [5.41, 5.74) is 1.02. The molecule has 1 N–H and O–H groups in total. The molecule has 1 aliphatic heterocycles. The number of rotatable bonds is 3. The van der Waals surface area contributed by atoms with Crippen LogP contribution in [-0.4, -0.2) is 53.8 Å². The van der Waals surface area contributed by atoms with Gasteiger partial charge in [-0.1, -0.05) is 24.3 Å². The van der Waals surface area contributed by atoms with Crippen molar-refractivity contribution in [2.24, 2.45) is 0 Å². The van der Waals surface area contributed by atoms with Gasteiger partial charge in [-0.05, 0) is 17.7 Å². The minimum Gasteiger partial charge on any atom is -0.335 e. The zero-order valence-electron chi connectivity index (χ0n) is 16.2. The van der Waals surface area contributed by atoms with Crippen molar-refractivity contribution in [1.29, 1.82) is 0 Å². The molecular weight excluding hydrogens is 382 g/mol.